The number of nitrogens with zero attached hydrogens (tertiary/aromatic N) is 2. The lowest BCUT2D eigenvalue weighted by molar-refractivity contribution is 0.669. The Morgan fingerprint density at radius 1 is 0.364 bits per heavy atom. The van der Waals surface area contributed by atoms with E-state index in [1.165, 1.54) is 38.4 Å². The molecule has 0 spiro atoms. The number of rotatable bonds is 6. The average molecular weight is 703 g/mol. The Hall–Kier alpha value is -7.36. The smallest absolute Gasteiger partial charge is 0.137 e. The van der Waals surface area contributed by atoms with Gasteiger partial charge in [0.05, 0.1) is 27.8 Å². The SMILES string of the molecule is c1ccc(-c2ccc(N(c3cccc4oc5cc6ccccc6cc5c34)c3cccc4c3c3ccccc3n4-c3cccc(-c4ccccc4)c3)cc2)cc1. The van der Waals surface area contributed by atoms with Gasteiger partial charge in [0.2, 0.25) is 0 Å². The number of benzene rings is 9. The number of aromatic nitrogens is 1. The van der Waals surface area contributed by atoms with Crippen molar-refractivity contribution in [2.75, 3.05) is 4.90 Å². The van der Waals surface area contributed by atoms with Crippen LogP contribution in [0, 0.1) is 0 Å². The first-order valence-electron chi connectivity index (χ1n) is 18.8. The molecule has 0 atom stereocenters. The minimum Gasteiger partial charge on any atom is -0.456 e. The number of anilines is 3. The van der Waals surface area contributed by atoms with Crippen molar-refractivity contribution in [3.63, 3.8) is 0 Å². The molecule has 0 amide bonds. The fourth-order valence-corrected chi connectivity index (χ4v) is 8.44. The second-order valence-electron chi connectivity index (χ2n) is 14.1. The highest BCUT2D eigenvalue weighted by atomic mass is 16.3. The summed E-state index contributed by atoms with van der Waals surface area (Å²) in [4.78, 5) is 2.43. The van der Waals surface area contributed by atoms with Crippen LogP contribution in [-0.4, -0.2) is 4.57 Å². The maximum atomic E-state index is 6.64. The van der Waals surface area contributed by atoms with Crippen molar-refractivity contribution < 1.29 is 4.42 Å². The molecule has 0 radical (unpaired) electrons. The van der Waals surface area contributed by atoms with Gasteiger partial charge in [-0.25, -0.2) is 0 Å². The normalized spacial score (nSPS) is 11.6. The Morgan fingerprint density at radius 2 is 0.945 bits per heavy atom. The molecule has 0 saturated heterocycles. The molecule has 3 nitrogen and oxygen atoms in total. The van der Waals surface area contributed by atoms with E-state index in [1.807, 2.05) is 0 Å². The van der Waals surface area contributed by atoms with E-state index in [9.17, 15) is 0 Å². The summed E-state index contributed by atoms with van der Waals surface area (Å²) < 4.78 is 9.05. The van der Waals surface area contributed by atoms with Gasteiger partial charge in [-0.1, -0.05) is 140 Å². The molecule has 0 fully saturated rings. The van der Waals surface area contributed by atoms with Crippen molar-refractivity contribution in [3.05, 3.63) is 206 Å². The summed E-state index contributed by atoms with van der Waals surface area (Å²) >= 11 is 0. The van der Waals surface area contributed by atoms with E-state index in [2.05, 4.69) is 216 Å². The first kappa shape index (κ1) is 31.2. The molecule has 0 aliphatic carbocycles. The van der Waals surface area contributed by atoms with Crippen LogP contribution in [0.2, 0.25) is 0 Å². The monoisotopic (exact) mass is 702 g/mol. The average Bonchev–Trinajstić information content (AvgIpc) is 3.80. The topological polar surface area (TPSA) is 21.3 Å². The lowest BCUT2D eigenvalue weighted by Crippen LogP contribution is -2.11. The Kier molecular flexibility index (Phi) is 7.17. The maximum Gasteiger partial charge on any atom is 0.137 e. The van der Waals surface area contributed by atoms with Crippen LogP contribution in [0.25, 0.3) is 82.5 Å². The molecule has 0 aliphatic rings. The van der Waals surface area contributed by atoms with E-state index in [0.29, 0.717) is 0 Å². The molecular formula is C52H34N2O. The van der Waals surface area contributed by atoms with Crippen LogP contribution in [0.3, 0.4) is 0 Å². The molecule has 11 rings (SSSR count). The van der Waals surface area contributed by atoms with Crippen LogP contribution in [-0.2, 0) is 0 Å². The molecule has 3 heteroatoms. The van der Waals surface area contributed by atoms with E-state index >= 15 is 0 Å². The van der Waals surface area contributed by atoms with Gasteiger partial charge in [-0.05, 0) is 99.8 Å². The third-order valence-corrected chi connectivity index (χ3v) is 10.9. The zero-order chi connectivity index (χ0) is 36.3. The van der Waals surface area contributed by atoms with Gasteiger partial charge < -0.3 is 13.9 Å². The zero-order valence-electron chi connectivity index (χ0n) is 29.9. The molecule has 0 saturated carbocycles. The standard InChI is InChI=1S/C52H34N2O/c1-3-14-35(15-4-1)37-28-30-41(31-29-37)53(48-26-13-27-49-52(48)44-33-39-18-7-8-19-40(39)34-50(44)55-49)46-24-12-25-47-51(46)43-22-9-10-23-45(43)54(47)42-21-11-20-38(32-42)36-16-5-2-6-17-36/h1-34H. The van der Waals surface area contributed by atoms with Gasteiger partial charge in [-0.15, -0.1) is 0 Å². The predicted molar refractivity (Wildman–Crippen MR) is 231 cm³/mol. The third kappa shape index (κ3) is 5.13. The lowest BCUT2D eigenvalue weighted by Gasteiger charge is -2.27. The molecule has 0 aliphatic heterocycles. The van der Waals surface area contributed by atoms with Crippen molar-refractivity contribution in [2.24, 2.45) is 0 Å². The minimum absolute atomic E-state index is 0.862. The fourth-order valence-electron chi connectivity index (χ4n) is 8.44. The van der Waals surface area contributed by atoms with Crippen molar-refractivity contribution in [1.82, 2.24) is 4.57 Å². The van der Waals surface area contributed by atoms with Crippen molar-refractivity contribution in [2.45, 2.75) is 0 Å². The number of fused-ring (bicyclic) bond motifs is 7. The van der Waals surface area contributed by atoms with E-state index in [4.69, 9.17) is 4.42 Å². The summed E-state index contributed by atoms with van der Waals surface area (Å²) in [6.07, 6.45) is 0. The highest BCUT2D eigenvalue weighted by Crippen LogP contribution is 2.48. The van der Waals surface area contributed by atoms with Gasteiger partial charge in [-0.3, -0.25) is 0 Å². The summed E-state index contributed by atoms with van der Waals surface area (Å²) in [6.45, 7) is 0. The molecule has 2 heterocycles. The number of hydrogen-bond acceptors (Lipinski definition) is 2. The maximum absolute atomic E-state index is 6.64. The van der Waals surface area contributed by atoms with Crippen molar-refractivity contribution >= 4 is 71.6 Å². The van der Waals surface area contributed by atoms with Gasteiger partial charge in [0.15, 0.2) is 0 Å². The zero-order valence-corrected chi connectivity index (χ0v) is 29.9. The first-order chi connectivity index (χ1) is 27.3. The number of hydrogen-bond donors (Lipinski definition) is 0. The van der Waals surface area contributed by atoms with E-state index in [-0.39, 0.29) is 0 Å². The minimum atomic E-state index is 0.862. The van der Waals surface area contributed by atoms with Crippen LogP contribution in [0.15, 0.2) is 211 Å². The first-order valence-corrected chi connectivity index (χ1v) is 18.8. The molecule has 0 bridgehead atoms. The van der Waals surface area contributed by atoms with Crippen LogP contribution in [0.1, 0.15) is 0 Å². The van der Waals surface area contributed by atoms with E-state index in [1.54, 1.807) is 0 Å². The van der Waals surface area contributed by atoms with Crippen LogP contribution in [0.5, 0.6) is 0 Å². The van der Waals surface area contributed by atoms with Gasteiger partial charge in [-0.2, -0.15) is 0 Å². The van der Waals surface area contributed by atoms with Gasteiger partial charge >= 0.3 is 0 Å². The predicted octanol–water partition coefficient (Wildman–Crippen LogP) is 14.6. The highest BCUT2D eigenvalue weighted by Gasteiger charge is 2.24. The van der Waals surface area contributed by atoms with Crippen LogP contribution >= 0.6 is 0 Å². The van der Waals surface area contributed by atoms with Crippen LogP contribution in [0.4, 0.5) is 17.1 Å². The summed E-state index contributed by atoms with van der Waals surface area (Å²) in [5, 5.41) is 6.92. The molecule has 9 aromatic carbocycles. The number of furan rings is 1. The Balaban J connectivity index is 1.19. The van der Waals surface area contributed by atoms with Gasteiger partial charge in [0.25, 0.3) is 0 Å². The second kappa shape index (κ2) is 12.6. The Morgan fingerprint density at radius 3 is 1.73 bits per heavy atom. The summed E-state index contributed by atoms with van der Waals surface area (Å²) in [6, 6.07) is 73.9. The molecule has 258 valence electrons. The van der Waals surface area contributed by atoms with E-state index in [0.717, 1.165) is 61.1 Å². The largest absolute Gasteiger partial charge is 0.456 e. The Bertz CT molecular complexity index is 3190. The van der Waals surface area contributed by atoms with Gasteiger partial charge in [0, 0.05) is 27.5 Å². The van der Waals surface area contributed by atoms with Crippen LogP contribution < -0.4 is 4.90 Å². The highest BCUT2D eigenvalue weighted by molar-refractivity contribution is 6.20. The van der Waals surface area contributed by atoms with Gasteiger partial charge in [0.1, 0.15) is 11.2 Å². The quantitative estimate of drug-likeness (QED) is 0.172. The molecule has 0 unspecified atom stereocenters. The summed E-state index contributed by atoms with van der Waals surface area (Å²) in [5.41, 5.74) is 13.2. The fraction of sp³-hybridized carbons (Fsp3) is 0. The van der Waals surface area contributed by atoms with Crippen molar-refractivity contribution in [3.8, 4) is 27.9 Å². The Labute approximate surface area is 318 Å². The molecule has 55 heavy (non-hydrogen) atoms. The second-order valence-corrected chi connectivity index (χ2v) is 14.1. The number of para-hydroxylation sites is 1. The molecule has 11 aromatic rings. The third-order valence-electron chi connectivity index (χ3n) is 10.9. The van der Waals surface area contributed by atoms with E-state index < -0.39 is 0 Å². The molecular weight excluding hydrogens is 669 g/mol. The molecule has 0 N–H and O–H groups in total. The summed E-state index contributed by atoms with van der Waals surface area (Å²) in [7, 11) is 0. The van der Waals surface area contributed by atoms with Crippen molar-refractivity contribution in [1.29, 1.82) is 0 Å². The molecule has 2 aromatic heterocycles. The summed E-state index contributed by atoms with van der Waals surface area (Å²) in [5.74, 6) is 0. The lowest BCUT2D eigenvalue weighted by atomic mass is 10.0.